The van der Waals surface area contributed by atoms with E-state index in [1.807, 2.05) is 0 Å². The van der Waals surface area contributed by atoms with Crippen LogP contribution in [0.4, 0.5) is 0 Å². The molecule has 1 aromatic rings. The molecule has 0 spiro atoms. The summed E-state index contributed by atoms with van der Waals surface area (Å²) in [5.41, 5.74) is 8.65. The summed E-state index contributed by atoms with van der Waals surface area (Å²) in [6, 6.07) is 8.82. The quantitative estimate of drug-likeness (QED) is 0.803. The van der Waals surface area contributed by atoms with Crippen LogP contribution in [0.3, 0.4) is 0 Å². The Labute approximate surface area is 93.7 Å². The maximum absolute atomic E-state index is 5.79. The molecule has 15 heavy (non-hydrogen) atoms. The van der Waals surface area contributed by atoms with Crippen LogP contribution in [0.25, 0.3) is 0 Å². The van der Waals surface area contributed by atoms with Crippen molar-refractivity contribution in [3.63, 3.8) is 0 Å². The van der Waals surface area contributed by atoms with Crippen molar-refractivity contribution in [3.8, 4) is 0 Å². The summed E-state index contributed by atoms with van der Waals surface area (Å²) in [5, 5.41) is 0. The molecular formula is C14H23N. The van der Waals surface area contributed by atoms with Gasteiger partial charge >= 0.3 is 0 Å². The summed E-state index contributed by atoms with van der Waals surface area (Å²) in [6.45, 7) is 9.59. The van der Waals surface area contributed by atoms with Crippen LogP contribution in [-0.4, -0.2) is 6.54 Å². The molecule has 0 fully saturated rings. The predicted octanol–water partition coefficient (Wildman–Crippen LogP) is 3.12. The van der Waals surface area contributed by atoms with E-state index >= 15 is 0 Å². The van der Waals surface area contributed by atoms with Crippen LogP contribution in [0.5, 0.6) is 0 Å². The summed E-state index contributed by atoms with van der Waals surface area (Å²) in [4.78, 5) is 0. The second kappa shape index (κ2) is 4.80. The lowest BCUT2D eigenvalue weighted by Gasteiger charge is -2.23. The molecule has 0 aliphatic carbocycles. The van der Waals surface area contributed by atoms with Gasteiger partial charge in [-0.25, -0.2) is 0 Å². The second-order valence-electron chi connectivity index (χ2n) is 5.39. The summed E-state index contributed by atoms with van der Waals surface area (Å²) >= 11 is 0. The highest BCUT2D eigenvalue weighted by Crippen LogP contribution is 2.23. The number of rotatable bonds is 4. The van der Waals surface area contributed by atoms with Crippen LogP contribution in [-0.2, 0) is 11.8 Å². The van der Waals surface area contributed by atoms with Crippen LogP contribution in [0.15, 0.2) is 24.3 Å². The SMILES string of the molecule is CC(C)Cc1cccc(C(C)(C)CN)c1. The Morgan fingerprint density at radius 2 is 1.93 bits per heavy atom. The molecule has 0 amide bonds. The zero-order valence-electron chi connectivity index (χ0n) is 10.4. The van der Waals surface area contributed by atoms with Gasteiger partial charge in [-0.3, -0.25) is 0 Å². The molecule has 0 unspecified atom stereocenters. The Morgan fingerprint density at radius 1 is 1.27 bits per heavy atom. The highest BCUT2D eigenvalue weighted by atomic mass is 14.6. The Morgan fingerprint density at radius 3 is 2.47 bits per heavy atom. The molecule has 1 aromatic carbocycles. The van der Waals surface area contributed by atoms with Crippen molar-refractivity contribution >= 4 is 0 Å². The molecule has 1 nitrogen and oxygen atoms in total. The lowest BCUT2D eigenvalue weighted by atomic mass is 9.83. The van der Waals surface area contributed by atoms with E-state index in [4.69, 9.17) is 5.73 Å². The largest absolute Gasteiger partial charge is 0.330 e. The minimum absolute atomic E-state index is 0.0903. The number of benzene rings is 1. The molecule has 0 heterocycles. The third kappa shape index (κ3) is 3.35. The molecule has 1 heteroatoms. The van der Waals surface area contributed by atoms with Gasteiger partial charge in [-0.15, -0.1) is 0 Å². The van der Waals surface area contributed by atoms with Gasteiger partial charge in [-0.1, -0.05) is 52.0 Å². The summed E-state index contributed by atoms with van der Waals surface area (Å²) in [7, 11) is 0. The zero-order valence-corrected chi connectivity index (χ0v) is 10.4. The molecule has 0 aromatic heterocycles. The second-order valence-corrected chi connectivity index (χ2v) is 5.39. The molecule has 0 atom stereocenters. The fraction of sp³-hybridized carbons (Fsp3) is 0.571. The highest BCUT2D eigenvalue weighted by molar-refractivity contribution is 5.29. The third-order valence-corrected chi connectivity index (χ3v) is 2.86. The van der Waals surface area contributed by atoms with E-state index in [-0.39, 0.29) is 5.41 Å². The fourth-order valence-corrected chi connectivity index (χ4v) is 1.71. The summed E-state index contributed by atoms with van der Waals surface area (Å²) in [5.74, 6) is 0.709. The maximum atomic E-state index is 5.79. The molecular weight excluding hydrogens is 182 g/mol. The van der Waals surface area contributed by atoms with E-state index in [9.17, 15) is 0 Å². The van der Waals surface area contributed by atoms with Gasteiger partial charge in [0.25, 0.3) is 0 Å². The van der Waals surface area contributed by atoms with E-state index in [1.165, 1.54) is 11.1 Å². The Kier molecular flexibility index (Phi) is 3.92. The summed E-state index contributed by atoms with van der Waals surface area (Å²) < 4.78 is 0. The minimum atomic E-state index is 0.0903. The highest BCUT2D eigenvalue weighted by Gasteiger charge is 2.18. The van der Waals surface area contributed by atoms with Gasteiger partial charge in [0.05, 0.1) is 0 Å². The van der Waals surface area contributed by atoms with Crippen LogP contribution in [0.1, 0.15) is 38.8 Å². The van der Waals surface area contributed by atoms with Crippen molar-refractivity contribution in [2.24, 2.45) is 11.7 Å². The smallest absolute Gasteiger partial charge is 0.00191 e. The van der Waals surface area contributed by atoms with Gasteiger partial charge in [0, 0.05) is 12.0 Å². The standard InChI is InChI=1S/C14H23N/c1-11(2)8-12-6-5-7-13(9-12)14(3,4)10-15/h5-7,9,11H,8,10,15H2,1-4H3. The van der Waals surface area contributed by atoms with E-state index < -0.39 is 0 Å². The third-order valence-electron chi connectivity index (χ3n) is 2.86. The molecule has 0 aliphatic rings. The molecule has 0 saturated carbocycles. The molecule has 0 bridgehead atoms. The lowest BCUT2D eigenvalue weighted by molar-refractivity contribution is 0.537. The van der Waals surface area contributed by atoms with Gasteiger partial charge in [-0.05, 0) is 23.5 Å². The Balaban J connectivity index is 2.92. The number of hydrogen-bond donors (Lipinski definition) is 1. The fourth-order valence-electron chi connectivity index (χ4n) is 1.71. The monoisotopic (exact) mass is 205 g/mol. The average Bonchev–Trinajstić information content (AvgIpc) is 2.17. The van der Waals surface area contributed by atoms with E-state index in [1.54, 1.807) is 0 Å². The van der Waals surface area contributed by atoms with E-state index in [0.29, 0.717) is 12.5 Å². The lowest BCUT2D eigenvalue weighted by Crippen LogP contribution is -2.28. The minimum Gasteiger partial charge on any atom is -0.330 e. The first-order valence-electron chi connectivity index (χ1n) is 5.75. The molecule has 0 saturated heterocycles. The Bertz CT molecular complexity index is 313. The van der Waals surface area contributed by atoms with Crippen LogP contribution >= 0.6 is 0 Å². The average molecular weight is 205 g/mol. The first kappa shape index (κ1) is 12.3. The van der Waals surface area contributed by atoms with Gasteiger partial charge in [-0.2, -0.15) is 0 Å². The van der Waals surface area contributed by atoms with Crippen molar-refractivity contribution in [2.75, 3.05) is 6.54 Å². The van der Waals surface area contributed by atoms with Crippen LogP contribution in [0, 0.1) is 5.92 Å². The first-order valence-corrected chi connectivity index (χ1v) is 5.75. The molecule has 2 N–H and O–H groups in total. The molecule has 0 radical (unpaired) electrons. The molecule has 1 rings (SSSR count). The summed E-state index contributed by atoms with van der Waals surface area (Å²) in [6.07, 6.45) is 1.15. The van der Waals surface area contributed by atoms with Gasteiger partial charge in [0.1, 0.15) is 0 Å². The zero-order chi connectivity index (χ0) is 11.5. The van der Waals surface area contributed by atoms with E-state index in [2.05, 4.69) is 52.0 Å². The normalized spacial score (nSPS) is 12.1. The first-order chi connectivity index (χ1) is 6.95. The molecule has 84 valence electrons. The topological polar surface area (TPSA) is 26.0 Å². The van der Waals surface area contributed by atoms with Crippen molar-refractivity contribution < 1.29 is 0 Å². The van der Waals surface area contributed by atoms with Crippen molar-refractivity contribution in [2.45, 2.75) is 39.5 Å². The van der Waals surface area contributed by atoms with Gasteiger partial charge in [0.2, 0.25) is 0 Å². The van der Waals surface area contributed by atoms with E-state index in [0.717, 1.165) is 6.42 Å². The molecule has 0 aliphatic heterocycles. The van der Waals surface area contributed by atoms with Crippen LogP contribution in [0.2, 0.25) is 0 Å². The van der Waals surface area contributed by atoms with Crippen molar-refractivity contribution in [3.05, 3.63) is 35.4 Å². The maximum Gasteiger partial charge on any atom is 0.00191 e. The Hall–Kier alpha value is -0.820. The van der Waals surface area contributed by atoms with Crippen molar-refractivity contribution in [1.29, 1.82) is 0 Å². The predicted molar refractivity (Wildman–Crippen MR) is 67.1 cm³/mol. The number of hydrogen-bond acceptors (Lipinski definition) is 1. The van der Waals surface area contributed by atoms with Crippen LogP contribution < -0.4 is 5.73 Å². The van der Waals surface area contributed by atoms with Crippen molar-refractivity contribution in [1.82, 2.24) is 0 Å². The van der Waals surface area contributed by atoms with Gasteiger partial charge < -0.3 is 5.73 Å². The van der Waals surface area contributed by atoms with Gasteiger partial charge in [0.15, 0.2) is 0 Å². The number of nitrogens with two attached hydrogens (primary N) is 1.